The molecule has 5 nitrogen and oxygen atoms in total. The Morgan fingerprint density at radius 1 is 1.29 bits per heavy atom. The molecule has 0 atom stereocenters. The molecule has 0 aliphatic heterocycles. The maximum Gasteiger partial charge on any atom is 0.191 e. The van der Waals surface area contributed by atoms with Gasteiger partial charge in [-0.25, -0.2) is 0 Å². The average molecular weight is 284 g/mol. The van der Waals surface area contributed by atoms with Gasteiger partial charge in [0.25, 0.3) is 0 Å². The lowest BCUT2D eigenvalue weighted by molar-refractivity contribution is 0.422. The Hall–Kier alpha value is -2.30. The summed E-state index contributed by atoms with van der Waals surface area (Å²) < 4.78 is 5.37. The SMILES string of the molecule is CN=C(NCc1cc(-c2ccccc2)on1)NCC1CC1. The van der Waals surface area contributed by atoms with Gasteiger partial charge in [-0.2, -0.15) is 0 Å². The highest BCUT2D eigenvalue weighted by Crippen LogP contribution is 2.27. The Balaban J connectivity index is 1.54. The van der Waals surface area contributed by atoms with Crippen LogP contribution in [-0.4, -0.2) is 24.7 Å². The second-order valence-electron chi connectivity index (χ2n) is 5.30. The Morgan fingerprint density at radius 3 is 2.81 bits per heavy atom. The minimum absolute atomic E-state index is 0.598. The number of aromatic nitrogens is 1. The topological polar surface area (TPSA) is 62.5 Å². The van der Waals surface area contributed by atoms with Crippen molar-refractivity contribution >= 4 is 5.96 Å². The van der Waals surface area contributed by atoms with E-state index in [1.165, 1.54) is 12.8 Å². The van der Waals surface area contributed by atoms with Gasteiger partial charge in [-0.05, 0) is 18.8 Å². The molecule has 0 radical (unpaired) electrons. The number of hydrogen-bond donors (Lipinski definition) is 2. The molecule has 1 fully saturated rings. The molecule has 2 N–H and O–H groups in total. The number of hydrogen-bond acceptors (Lipinski definition) is 3. The fourth-order valence-corrected chi connectivity index (χ4v) is 2.09. The molecule has 1 heterocycles. The minimum atomic E-state index is 0.598. The van der Waals surface area contributed by atoms with Crippen LogP contribution in [0.4, 0.5) is 0 Å². The fourth-order valence-electron chi connectivity index (χ4n) is 2.09. The first kappa shape index (κ1) is 13.7. The van der Waals surface area contributed by atoms with E-state index < -0.39 is 0 Å². The summed E-state index contributed by atoms with van der Waals surface area (Å²) in [5.41, 5.74) is 1.90. The van der Waals surface area contributed by atoms with Crippen LogP contribution in [0.3, 0.4) is 0 Å². The molecule has 110 valence electrons. The van der Waals surface area contributed by atoms with E-state index >= 15 is 0 Å². The summed E-state index contributed by atoms with van der Waals surface area (Å²) >= 11 is 0. The van der Waals surface area contributed by atoms with Crippen LogP contribution in [-0.2, 0) is 6.54 Å². The number of guanidine groups is 1. The van der Waals surface area contributed by atoms with E-state index in [1.807, 2.05) is 36.4 Å². The molecule has 5 heteroatoms. The molecule has 1 aromatic carbocycles. The lowest BCUT2D eigenvalue weighted by atomic mass is 10.2. The van der Waals surface area contributed by atoms with Crippen LogP contribution in [0.5, 0.6) is 0 Å². The number of aliphatic imine (C=N–C) groups is 1. The van der Waals surface area contributed by atoms with E-state index in [2.05, 4.69) is 20.8 Å². The minimum Gasteiger partial charge on any atom is -0.356 e. The molecule has 1 aliphatic carbocycles. The van der Waals surface area contributed by atoms with Gasteiger partial charge in [-0.3, -0.25) is 4.99 Å². The van der Waals surface area contributed by atoms with Crippen molar-refractivity contribution in [1.29, 1.82) is 0 Å². The standard InChI is InChI=1S/C16H20N4O/c1-17-16(18-10-12-7-8-12)19-11-14-9-15(21-20-14)13-5-3-2-4-6-13/h2-6,9,12H,7-8,10-11H2,1H3,(H2,17,18,19). The van der Waals surface area contributed by atoms with Crippen LogP contribution in [0.1, 0.15) is 18.5 Å². The lowest BCUT2D eigenvalue weighted by Gasteiger charge is -2.09. The highest BCUT2D eigenvalue weighted by molar-refractivity contribution is 5.79. The number of nitrogens with one attached hydrogen (secondary N) is 2. The fraction of sp³-hybridized carbons (Fsp3) is 0.375. The van der Waals surface area contributed by atoms with Crippen molar-refractivity contribution in [1.82, 2.24) is 15.8 Å². The second-order valence-corrected chi connectivity index (χ2v) is 5.30. The Morgan fingerprint density at radius 2 is 2.10 bits per heavy atom. The zero-order valence-electron chi connectivity index (χ0n) is 12.2. The van der Waals surface area contributed by atoms with E-state index in [-0.39, 0.29) is 0 Å². The van der Waals surface area contributed by atoms with Gasteiger partial charge in [0.05, 0.1) is 6.54 Å². The monoisotopic (exact) mass is 284 g/mol. The van der Waals surface area contributed by atoms with Crippen molar-refractivity contribution in [2.75, 3.05) is 13.6 Å². The van der Waals surface area contributed by atoms with E-state index in [0.717, 1.165) is 35.4 Å². The van der Waals surface area contributed by atoms with E-state index in [1.54, 1.807) is 7.05 Å². The molecule has 0 amide bonds. The summed E-state index contributed by atoms with van der Waals surface area (Å²) in [6, 6.07) is 11.9. The molecule has 21 heavy (non-hydrogen) atoms. The number of benzene rings is 1. The number of nitrogens with zero attached hydrogens (tertiary/aromatic N) is 2. The summed E-state index contributed by atoms with van der Waals surface area (Å²) in [6.07, 6.45) is 2.65. The van der Waals surface area contributed by atoms with Gasteiger partial charge in [0.15, 0.2) is 11.7 Å². The lowest BCUT2D eigenvalue weighted by Crippen LogP contribution is -2.37. The summed E-state index contributed by atoms with van der Waals surface area (Å²) in [5.74, 6) is 2.42. The molecule has 1 aliphatic rings. The normalized spacial score (nSPS) is 15.0. The van der Waals surface area contributed by atoms with Gasteiger partial charge in [0.1, 0.15) is 5.69 Å². The first-order valence-corrected chi connectivity index (χ1v) is 7.30. The summed E-state index contributed by atoms with van der Waals surface area (Å²) in [7, 11) is 1.78. The number of rotatable bonds is 5. The predicted octanol–water partition coefficient (Wildman–Crippen LogP) is 2.42. The maximum absolute atomic E-state index is 5.37. The molecule has 2 aromatic rings. The van der Waals surface area contributed by atoms with Crippen LogP contribution in [0, 0.1) is 5.92 Å². The van der Waals surface area contributed by atoms with Crippen LogP contribution >= 0.6 is 0 Å². The van der Waals surface area contributed by atoms with Crippen molar-refractivity contribution in [3.05, 3.63) is 42.1 Å². The Kier molecular flexibility index (Phi) is 4.19. The van der Waals surface area contributed by atoms with Crippen LogP contribution in [0.2, 0.25) is 0 Å². The second kappa shape index (κ2) is 6.43. The highest BCUT2D eigenvalue weighted by atomic mass is 16.5. The largest absolute Gasteiger partial charge is 0.356 e. The highest BCUT2D eigenvalue weighted by Gasteiger charge is 2.21. The summed E-state index contributed by atoms with van der Waals surface area (Å²) in [5, 5.41) is 10.7. The molecular weight excluding hydrogens is 264 g/mol. The quantitative estimate of drug-likeness (QED) is 0.654. The zero-order chi connectivity index (χ0) is 14.5. The van der Waals surface area contributed by atoms with Gasteiger partial charge >= 0.3 is 0 Å². The average Bonchev–Trinajstić information content (AvgIpc) is 3.24. The molecule has 0 bridgehead atoms. The van der Waals surface area contributed by atoms with Crippen molar-refractivity contribution in [3.63, 3.8) is 0 Å². The molecule has 0 saturated heterocycles. The Bertz CT molecular complexity index is 602. The molecule has 3 rings (SSSR count). The molecule has 1 aromatic heterocycles. The predicted molar refractivity (Wildman–Crippen MR) is 82.9 cm³/mol. The molecular formula is C16H20N4O. The first-order valence-electron chi connectivity index (χ1n) is 7.30. The third-order valence-electron chi connectivity index (χ3n) is 3.53. The molecule has 0 spiro atoms. The third-order valence-corrected chi connectivity index (χ3v) is 3.53. The smallest absolute Gasteiger partial charge is 0.191 e. The van der Waals surface area contributed by atoms with Crippen molar-refractivity contribution < 1.29 is 4.52 Å². The zero-order valence-corrected chi connectivity index (χ0v) is 12.2. The van der Waals surface area contributed by atoms with Gasteiger partial charge in [-0.1, -0.05) is 35.5 Å². The first-order chi connectivity index (χ1) is 10.3. The van der Waals surface area contributed by atoms with E-state index in [4.69, 9.17) is 4.52 Å². The van der Waals surface area contributed by atoms with Crippen molar-refractivity contribution in [2.24, 2.45) is 10.9 Å². The van der Waals surface area contributed by atoms with Crippen molar-refractivity contribution in [3.8, 4) is 11.3 Å². The summed E-state index contributed by atoms with van der Waals surface area (Å²) in [4.78, 5) is 4.20. The Labute approximate surface area is 124 Å². The molecule has 1 saturated carbocycles. The van der Waals surface area contributed by atoms with Gasteiger partial charge in [-0.15, -0.1) is 0 Å². The third kappa shape index (κ3) is 3.84. The van der Waals surface area contributed by atoms with E-state index in [9.17, 15) is 0 Å². The summed E-state index contributed by atoms with van der Waals surface area (Å²) in [6.45, 7) is 1.59. The van der Waals surface area contributed by atoms with Gasteiger partial charge in [0.2, 0.25) is 0 Å². The van der Waals surface area contributed by atoms with Gasteiger partial charge < -0.3 is 15.2 Å². The van der Waals surface area contributed by atoms with Crippen LogP contribution in [0.25, 0.3) is 11.3 Å². The van der Waals surface area contributed by atoms with E-state index in [0.29, 0.717) is 6.54 Å². The van der Waals surface area contributed by atoms with Crippen LogP contribution < -0.4 is 10.6 Å². The molecule has 0 unspecified atom stereocenters. The van der Waals surface area contributed by atoms with Crippen LogP contribution in [0.15, 0.2) is 45.9 Å². The van der Waals surface area contributed by atoms with Crippen molar-refractivity contribution in [2.45, 2.75) is 19.4 Å². The maximum atomic E-state index is 5.37. The van der Waals surface area contributed by atoms with Gasteiger partial charge in [0, 0.05) is 25.2 Å².